The molecule has 0 atom stereocenters. The highest BCUT2D eigenvalue weighted by atomic mass is 16.3. The maximum Gasteiger partial charge on any atom is 0.135 e. The maximum absolute atomic E-state index is 6.21. The molecule has 70 heavy (non-hydrogen) atoms. The summed E-state index contributed by atoms with van der Waals surface area (Å²) in [6.45, 7) is 0. The monoisotopic (exact) mass is 891 g/mol. The third-order valence-electron chi connectivity index (χ3n) is 14.6. The minimum Gasteiger partial charge on any atom is -0.456 e. The Labute approximate surface area is 402 Å². The van der Waals surface area contributed by atoms with Crippen LogP contribution in [-0.2, 0) is 0 Å². The zero-order valence-electron chi connectivity index (χ0n) is 37.9. The van der Waals surface area contributed by atoms with E-state index in [0.717, 1.165) is 44.6 Å². The van der Waals surface area contributed by atoms with E-state index in [4.69, 9.17) is 4.42 Å². The molecule has 0 unspecified atom stereocenters. The molecule has 0 saturated heterocycles. The zero-order valence-corrected chi connectivity index (χ0v) is 37.9. The van der Waals surface area contributed by atoms with Crippen LogP contribution in [0.2, 0.25) is 0 Å². The van der Waals surface area contributed by atoms with Gasteiger partial charge in [0.05, 0.1) is 33.1 Å². The highest BCUT2D eigenvalue weighted by molar-refractivity contribution is 6.15. The van der Waals surface area contributed by atoms with E-state index < -0.39 is 0 Å². The lowest BCUT2D eigenvalue weighted by Gasteiger charge is -2.09. The summed E-state index contributed by atoms with van der Waals surface area (Å²) in [6, 6.07) is 90.7. The molecule has 15 rings (SSSR count). The molecule has 0 fully saturated rings. The minimum atomic E-state index is 0.904. The highest BCUT2D eigenvalue weighted by Gasteiger charge is 2.19. The average Bonchev–Trinajstić information content (AvgIpc) is 4.17. The van der Waals surface area contributed by atoms with Gasteiger partial charge in [0.25, 0.3) is 0 Å². The van der Waals surface area contributed by atoms with E-state index in [1.54, 1.807) is 0 Å². The molecule has 0 aliphatic carbocycles. The topological polar surface area (TPSA) is 27.9 Å². The van der Waals surface area contributed by atoms with Gasteiger partial charge in [0.2, 0.25) is 0 Å². The first-order chi connectivity index (χ1) is 34.7. The molecular weight excluding hydrogens is 851 g/mol. The van der Waals surface area contributed by atoms with Crippen LogP contribution in [0, 0.1) is 0 Å². The Bertz CT molecular complexity index is 4570. The summed E-state index contributed by atoms with van der Waals surface area (Å²) in [4.78, 5) is 0. The third kappa shape index (κ3) is 5.84. The van der Waals surface area contributed by atoms with Crippen molar-refractivity contribution in [3.05, 3.63) is 249 Å². The lowest BCUT2D eigenvalue weighted by Crippen LogP contribution is -1.93. The molecule has 0 amide bonds. The Morgan fingerprint density at radius 2 is 0.486 bits per heavy atom. The van der Waals surface area contributed by atoms with Crippen LogP contribution in [0.5, 0.6) is 0 Å². The number of hydrogen-bond acceptors (Lipinski definition) is 1. The molecule has 0 aliphatic rings. The largest absolute Gasteiger partial charge is 0.456 e. The van der Waals surface area contributed by atoms with Crippen LogP contribution in [0.3, 0.4) is 0 Å². The predicted octanol–water partition coefficient (Wildman–Crippen LogP) is 17.9. The van der Waals surface area contributed by atoms with Gasteiger partial charge in [-0.3, -0.25) is 0 Å². The fraction of sp³-hybridized carbons (Fsp3) is 0. The van der Waals surface area contributed by atoms with E-state index in [1.807, 2.05) is 12.1 Å². The second kappa shape index (κ2) is 15.1. The van der Waals surface area contributed by atoms with E-state index in [9.17, 15) is 0 Å². The molecule has 4 nitrogen and oxygen atoms in total. The molecule has 0 N–H and O–H groups in total. The summed E-state index contributed by atoms with van der Waals surface area (Å²) in [5.41, 5.74) is 19.4. The van der Waals surface area contributed by atoms with Crippen LogP contribution in [0.1, 0.15) is 0 Å². The number of furan rings is 1. The minimum absolute atomic E-state index is 0.904. The Hall–Kier alpha value is -9.38. The van der Waals surface area contributed by atoms with Crippen LogP contribution in [-0.4, -0.2) is 13.7 Å². The number of fused-ring (bicyclic) bond motifs is 12. The van der Waals surface area contributed by atoms with Crippen molar-refractivity contribution in [3.63, 3.8) is 0 Å². The van der Waals surface area contributed by atoms with Gasteiger partial charge in [-0.15, -0.1) is 0 Å². The van der Waals surface area contributed by atoms with Crippen LogP contribution >= 0.6 is 0 Å². The quantitative estimate of drug-likeness (QED) is 0.163. The van der Waals surface area contributed by atoms with Gasteiger partial charge in [-0.2, -0.15) is 0 Å². The molecule has 0 aliphatic heterocycles. The molecule has 0 bridgehead atoms. The molecular formula is C66H41N3O. The van der Waals surface area contributed by atoms with Crippen molar-refractivity contribution in [1.29, 1.82) is 0 Å². The van der Waals surface area contributed by atoms with Gasteiger partial charge in [-0.25, -0.2) is 0 Å². The van der Waals surface area contributed by atoms with Gasteiger partial charge in [-0.05, 0) is 155 Å². The lowest BCUT2D eigenvalue weighted by atomic mass is 9.98. The molecule has 4 heteroatoms. The first-order valence-corrected chi connectivity index (χ1v) is 24.0. The molecule has 0 radical (unpaired) electrons. The number of nitrogens with zero attached hydrogens (tertiary/aromatic N) is 3. The number of benzene rings is 11. The van der Waals surface area contributed by atoms with Crippen molar-refractivity contribution in [1.82, 2.24) is 13.7 Å². The Morgan fingerprint density at radius 1 is 0.200 bits per heavy atom. The molecule has 326 valence electrons. The van der Waals surface area contributed by atoms with Crippen LogP contribution < -0.4 is 0 Å². The molecule has 0 saturated carbocycles. The van der Waals surface area contributed by atoms with Gasteiger partial charge in [0.15, 0.2) is 0 Å². The molecule has 4 heterocycles. The van der Waals surface area contributed by atoms with Crippen molar-refractivity contribution in [2.24, 2.45) is 0 Å². The second-order valence-electron chi connectivity index (χ2n) is 18.5. The number of hydrogen-bond donors (Lipinski definition) is 0. The van der Waals surface area contributed by atoms with E-state index in [-0.39, 0.29) is 0 Å². The average molecular weight is 892 g/mol. The van der Waals surface area contributed by atoms with Gasteiger partial charge < -0.3 is 18.1 Å². The first kappa shape index (κ1) is 38.7. The van der Waals surface area contributed by atoms with Gasteiger partial charge in [0, 0.05) is 60.2 Å². The van der Waals surface area contributed by atoms with Crippen molar-refractivity contribution >= 4 is 87.4 Å². The van der Waals surface area contributed by atoms with E-state index in [1.165, 1.54) is 93.2 Å². The summed E-state index contributed by atoms with van der Waals surface area (Å²) in [5, 5.41) is 9.63. The maximum atomic E-state index is 6.21. The van der Waals surface area contributed by atoms with Gasteiger partial charge in [-0.1, -0.05) is 127 Å². The Kier molecular flexibility index (Phi) is 8.33. The number of rotatable bonds is 6. The van der Waals surface area contributed by atoms with Crippen LogP contribution in [0.15, 0.2) is 253 Å². The number of aromatic nitrogens is 3. The molecule has 11 aromatic carbocycles. The van der Waals surface area contributed by atoms with Gasteiger partial charge in [0.1, 0.15) is 11.2 Å². The predicted molar refractivity (Wildman–Crippen MR) is 293 cm³/mol. The van der Waals surface area contributed by atoms with Crippen LogP contribution in [0.25, 0.3) is 138 Å². The van der Waals surface area contributed by atoms with Crippen molar-refractivity contribution in [3.8, 4) is 50.4 Å². The van der Waals surface area contributed by atoms with E-state index >= 15 is 0 Å². The van der Waals surface area contributed by atoms with Crippen LogP contribution in [0.4, 0.5) is 0 Å². The van der Waals surface area contributed by atoms with Crippen molar-refractivity contribution < 1.29 is 4.42 Å². The standard InChI is InChI=1S/C66H41N3O/c1-4-14-48(15-5-1)67-59-22-12-10-20-51(59)53-36-42(24-30-60(53)67)43-25-31-61-54(37-43)55-38-44(26-32-62(55)68(61)49-16-6-2-7-17-49)45-27-33-63-56(39-45)57-40-46(28-34-64(57)69(63)50-18-8-3-9-19-50)47-29-35-66-58(41-47)52-21-11-13-23-65(52)70-66/h1-41H. The fourth-order valence-electron chi connectivity index (χ4n) is 11.4. The molecule has 15 aromatic rings. The first-order valence-electron chi connectivity index (χ1n) is 24.0. The van der Waals surface area contributed by atoms with Crippen molar-refractivity contribution in [2.45, 2.75) is 0 Å². The Balaban J connectivity index is 0.907. The number of para-hydroxylation sites is 5. The smallest absolute Gasteiger partial charge is 0.135 e. The highest BCUT2D eigenvalue weighted by Crippen LogP contribution is 2.42. The summed E-state index contributed by atoms with van der Waals surface area (Å²) in [7, 11) is 0. The SMILES string of the molecule is c1ccc(-n2c3ccccc3c3cc(-c4ccc5c(c4)c4cc(-c6ccc7c(c6)c6cc(-c8ccc9oc%10ccccc%10c9c8)ccc6n7-c6ccccc6)ccc4n5-c4ccccc4)ccc32)cc1. The summed E-state index contributed by atoms with van der Waals surface area (Å²) < 4.78 is 13.4. The fourth-order valence-corrected chi connectivity index (χ4v) is 11.4. The molecule has 4 aromatic heterocycles. The van der Waals surface area contributed by atoms with E-state index in [0.29, 0.717) is 0 Å². The van der Waals surface area contributed by atoms with E-state index in [2.05, 4.69) is 250 Å². The summed E-state index contributed by atoms with van der Waals surface area (Å²) >= 11 is 0. The van der Waals surface area contributed by atoms with Crippen molar-refractivity contribution in [2.75, 3.05) is 0 Å². The van der Waals surface area contributed by atoms with Gasteiger partial charge >= 0.3 is 0 Å². The normalized spacial score (nSPS) is 12.0. The summed E-state index contributed by atoms with van der Waals surface area (Å²) in [6.07, 6.45) is 0. The third-order valence-corrected chi connectivity index (χ3v) is 14.6. The summed E-state index contributed by atoms with van der Waals surface area (Å²) in [5.74, 6) is 0. The second-order valence-corrected chi connectivity index (χ2v) is 18.5. The zero-order chi connectivity index (χ0) is 45.9. The lowest BCUT2D eigenvalue weighted by molar-refractivity contribution is 0.669. The Morgan fingerprint density at radius 3 is 0.900 bits per heavy atom. The molecule has 0 spiro atoms.